The van der Waals surface area contributed by atoms with Crippen molar-refractivity contribution < 1.29 is 0 Å². The van der Waals surface area contributed by atoms with E-state index in [9.17, 15) is 0 Å². The molecule has 18 heavy (non-hydrogen) atoms. The first-order valence-corrected chi connectivity index (χ1v) is 6.86. The second kappa shape index (κ2) is 4.67. The van der Waals surface area contributed by atoms with Crippen molar-refractivity contribution in [2.45, 2.75) is 33.1 Å². The molecule has 5 heteroatoms. The Morgan fingerprint density at radius 2 is 1.89 bits per heavy atom. The van der Waals surface area contributed by atoms with E-state index in [0.29, 0.717) is 5.28 Å². The van der Waals surface area contributed by atoms with Crippen molar-refractivity contribution >= 4 is 27.5 Å². The van der Waals surface area contributed by atoms with Gasteiger partial charge in [-0.3, -0.25) is 4.57 Å². The Labute approximate surface area is 120 Å². The van der Waals surface area contributed by atoms with Gasteiger partial charge in [0.25, 0.3) is 0 Å². The van der Waals surface area contributed by atoms with E-state index in [4.69, 9.17) is 11.6 Å². The molecule has 2 rings (SSSR count). The molecule has 96 valence electrons. The molecule has 1 aromatic carbocycles. The summed E-state index contributed by atoms with van der Waals surface area (Å²) in [5, 5.41) is 8.58. The van der Waals surface area contributed by atoms with Crippen LogP contribution in [0, 0.1) is 6.92 Å². The van der Waals surface area contributed by atoms with Gasteiger partial charge in [-0.15, -0.1) is 10.2 Å². The largest absolute Gasteiger partial charge is 0.269 e. The molecule has 0 amide bonds. The number of halogens is 2. The summed E-state index contributed by atoms with van der Waals surface area (Å²) in [6.45, 7) is 8.33. The number of benzene rings is 1. The standard InChI is InChI=1S/C13H15BrClN3/c1-8-9(14)6-5-7-10(8)18-11(13(2,3)4)16-17-12(18)15/h5-7H,1-4H3. The molecular weight excluding hydrogens is 314 g/mol. The molecule has 1 heterocycles. The summed E-state index contributed by atoms with van der Waals surface area (Å²) < 4.78 is 2.95. The zero-order valence-electron chi connectivity index (χ0n) is 10.8. The van der Waals surface area contributed by atoms with Crippen LogP contribution >= 0.6 is 27.5 Å². The second-order valence-corrected chi connectivity index (χ2v) is 6.45. The van der Waals surface area contributed by atoms with Crippen LogP contribution < -0.4 is 0 Å². The highest BCUT2D eigenvalue weighted by Crippen LogP contribution is 2.30. The summed E-state index contributed by atoms with van der Waals surface area (Å²) in [6, 6.07) is 6.01. The van der Waals surface area contributed by atoms with Crippen molar-refractivity contribution in [1.29, 1.82) is 0 Å². The Hall–Kier alpha value is -0.870. The third-order valence-corrected chi connectivity index (χ3v) is 3.88. The molecule has 0 spiro atoms. The van der Waals surface area contributed by atoms with Gasteiger partial charge in [0.2, 0.25) is 5.28 Å². The summed E-state index contributed by atoms with van der Waals surface area (Å²) in [5.74, 6) is 0.855. The first kappa shape index (κ1) is 13.6. The molecule has 0 unspecified atom stereocenters. The van der Waals surface area contributed by atoms with Crippen LogP contribution in [0.5, 0.6) is 0 Å². The molecule has 3 nitrogen and oxygen atoms in total. The van der Waals surface area contributed by atoms with Crippen molar-refractivity contribution in [3.8, 4) is 5.69 Å². The SMILES string of the molecule is Cc1c(Br)cccc1-n1c(Cl)nnc1C(C)(C)C. The molecule has 0 aliphatic rings. The highest BCUT2D eigenvalue weighted by molar-refractivity contribution is 9.10. The summed E-state index contributed by atoms with van der Waals surface area (Å²) in [7, 11) is 0. The first-order chi connectivity index (χ1) is 8.32. The van der Waals surface area contributed by atoms with Crippen LogP contribution in [0.2, 0.25) is 5.28 Å². The highest BCUT2D eigenvalue weighted by atomic mass is 79.9. The van der Waals surface area contributed by atoms with E-state index < -0.39 is 0 Å². The maximum Gasteiger partial charge on any atom is 0.229 e. The van der Waals surface area contributed by atoms with Gasteiger partial charge in [0, 0.05) is 9.89 Å². The Balaban J connectivity index is 2.72. The van der Waals surface area contributed by atoms with Crippen LogP contribution in [0.3, 0.4) is 0 Å². The highest BCUT2D eigenvalue weighted by Gasteiger charge is 2.25. The average molecular weight is 329 g/mol. The summed E-state index contributed by atoms with van der Waals surface area (Å²) in [5.41, 5.74) is 2.00. The Bertz CT molecular complexity index is 584. The quantitative estimate of drug-likeness (QED) is 0.782. The normalized spacial score (nSPS) is 11.9. The van der Waals surface area contributed by atoms with E-state index in [1.165, 1.54) is 0 Å². The van der Waals surface area contributed by atoms with Crippen LogP contribution in [0.4, 0.5) is 0 Å². The van der Waals surface area contributed by atoms with Gasteiger partial charge in [0.05, 0.1) is 5.69 Å². The molecular formula is C13H15BrClN3. The van der Waals surface area contributed by atoms with E-state index in [1.54, 1.807) is 0 Å². The van der Waals surface area contributed by atoms with Gasteiger partial charge in [0.1, 0.15) is 5.82 Å². The van der Waals surface area contributed by atoms with Gasteiger partial charge < -0.3 is 0 Å². The number of nitrogens with zero attached hydrogens (tertiary/aromatic N) is 3. The maximum atomic E-state index is 6.18. The lowest BCUT2D eigenvalue weighted by Crippen LogP contribution is -2.18. The minimum absolute atomic E-state index is 0.116. The molecule has 0 saturated heterocycles. The van der Waals surface area contributed by atoms with Crippen LogP contribution in [0.25, 0.3) is 5.69 Å². The van der Waals surface area contributed by atoms with Gasteiger partial charge in [-0.2, -0.15) is 0 Å². The predicted octanol–water partition coefficient (Wildman–Crippen LogP) is 4.29. The fourth-order valence-electron chi connectivity index (χ4n) is 1.80. The van der Waals surface area contributed by atoms with Gasteiger partial charge in [0.15, 0.2) is 0 Å². The molecule has 0 atom stereocenters. The third kappa shape index (κ3) is 2.31. The molecule has 0 bridgehead atoms. The minimum Gasteiger partial charge on any atom is -0.269 e. The Morgan fingerprint density at radius 3 is 2.50 bits per heavy atom. The van der Waals surface area contributed by atoms with Crippen LogP contribution in [0.15, 0.2) is 22.7 Å². The van der Waals surface area contributed by atoms with Gasteiger partial charge in [-0.25, -0.2) is 0 Å². The molecule has 1 aromatic heterocycles. The monoisotopic (exact) mass is 327 g/mol. The van der Waals surface area contributed by atoms with Gasteiger partial charge in [-0.1, -0.05) is 42.8 Å². The zero-order valence-corrected chi connectivity index (χ0v) is 13.2. The lowest BCUT2D eigenvalue weighted by Gasteiger charge is -2.20. The Morgan fingerprint density at radius 1 is 1.22 bits per heavy atom. The molecule has 2 aromatic rings. The second-order valence-electron chi connectivity index (χ2n) is 5.26. The average Bonchev–Trinajstić information content (AvgIpc) is 2.64. The number of hydrogen-bond acceptors (Lipinski definition) is 2. The molecule has 0 aliphatic heterocycles. The molecule has 0 fully saturated rings. The number of hydrogen-bond donors (Lipinski definition) is 0. The number of aromatic nitrogens is 3. The van der Waals surface area contributed by atoms with Crippen molar-refractivity contribution in [3.63, 3.8) is 0 Å². The minimum atomic E-state index is -0.116. The summed E-state index contributed by atoms with van der Waals surface area (Å²) >= 11 is 9.72. The lowest BCUT2D eigenvalue weighted by molar-refractivity contribution is 0.533. The maximum absolute atomic E-state index is 6.18. The molecule has 0 N–H and O–H groups in total. The van der Waals surface area contributed by atoms with Gasteiger partial charge in [-0.05, 0) is 36.2 Å². The fraction of sp³-hybridized carbons (Fsp3) is 0.385. The first-order valence-electron chi connectivity index (χ1n) is 5.69. The van der Waals surface area contributed by atoms with Crippen molar-refractivity contribution in [1.82, 2.24) is 14.8 Å². The summed E-state index contributed by atoms with van der Waals surface area (Å²) in [4.78, 5) is 0. The zero-order chi connectivity index (χ0) is 13.5. The third-order valence-electron chi connectivity index (χ3n) is 2.77. The predicted molar refractivity (Wildman–Crippen MR) is 77.5 cm³/mol. The van der Waals surface area contributed by atoms with E-state index in [2.05, 4.69) is 46.9 Å². The fourth-order valence-corrected chi connectivity index (χ4v) is 2.37. The van der Waals surface area contributed by atoms with Crippen LogP contribution in [-0.2, 0) is 5.41 Å². The molecule has 0 aliphatic carbocycles. The van der Waals surface area contributed by atoms with Crippen LogP contribution in [-0.4, -0.2) is 14.8 Å². The Kier molecular flexibility index (Phi) is 3.52. The van der Waals surface area contributed by atoms with E-state index in [0.717, 1.165) is 21.5 Å². The number of rotatable bonds is 1. The van der Waals surface area contributed by atoms with Crippen molar-refractivity contribution in [2.24, 2.45) is 0 Å². The van der Waals surface area contributed by atoms with E-state index in [-0.39, 0.29) is 5.41 Å². The van der Waals surface area contributed by atoms with E-state index >= 15 is 0 Å². The molecule has 0 radical (unpaired) electrons. The topological polar surface area (TPSA) is 30.7 Å². The summed E-state index contributed by atoms with van der Waals surface area (Å²) in [6.07, 6.45) is 0. The smallest absolute Gasteiger partial charge is 0.229 e. The van der Waals surface area contributed by atoms with Crippen molar-refractivity contribution in [3.05, 3.63) is 39.3 Å². The van der Waals surface area contributed by atoms with Crippen LogP contribution in [0.1, 0.15) is 32.2 Å². The lowest BCUT2D eigenvalue weighted by atomic mass is 9.95. The van der Waals surface area contributed by atoms with E-state index in [1.807, 2.05) is 29.7 Å². The van der Waals surface area contributed by atoms with Crippen molar-refractivity contribution in [2.75, 3.05) is 0 Å². The van der Waals surface area contributed by atoms with Gasteiger partial charge >= 0.3 is 0 Å². The molecule has 0 saturated carbocycles.